The van der Waals surface area contributed by atoms with Gasteiger partial charge in [0.1, 0.15) is 18.3 Å². The van der Waals surface area contributed by atoms with Gasteiger partial charge in [0.25, 0.3) is 10.0 Å². The maximum Gasteiger partial charge on any atom is 0.264 e. The summed E-state index contributed by atoms with van der Waals surface area (Å²) in [4.78, 5) is 29.8. The molecule has 0 saturated heterocycles. The highest BCUT2D eigenvalue weighted by Crippen LogP contribution is 2.30. The first-order valence-corrected chi connectivity index (χ1v) is 16.9. The van der Waals surface area contributed by atoms with Crippen LogP contribution in [0.4, 0.5) is 5.69 Å². The van der Waals surface area contributed by atoms with Crippen LogP contribution in [-0.4, -0.2) is 50.9 Å². The molecule has 1 N–H and O–H groups in total. The molecule has 0 aromatic heterocycles. The highest BCUT2D eigenvalue weighted by molar-refractivity contribution is 7.92. The third-order valence-corrected chi connectivity index (χ3v) is 10.4. The van der Waals surface area contributed by atoms with Crippen LogP contribution < -0.4 is 14.4 Å². The standard InChI is InChI=1S/C35H45N3O5S/c1-6-32(35(40)36-29-12-8-7-9-13-29)37(23-28-17-19-30(43-5)20-18-28)34(39)24-38(33-14-10-11-26(3)27(33)4)44(41,42)31-21-15-25(2)16-22-31/h10-11,14-22,29,32H,6-9,12-13,23-24H2,1-5H3,(H,36,40)/t32-/m0/s1. The van der Waals surface area contributed by atoms with E-state index in [1.54, 1.807) is 43.5 Å². The Hall–Kier alpha value is -3.85. The van der Waals surface area contributed by atoms with E-state index in [4.69, 9.17) is 4.74 Å². The van der Waals surface area contributed by atoms with Crippen LogP contribution in [-0.2, 0) is 26.2 Å². The van der Waals surface area contributed by atoms with E-state index in [2.05, 4.69) is 5.32 Å². The Bertz CT molecular complexity index is 1530. The summed E-state index contributed by atoms with van der Waals surface area (Å²) in [6.45, 7) is 7.23. The number of sulfonamides is 1. The van der Waals surface area contributed by atoms with Crippen LogP contribution in [0.2, 0.25) is 0 Å². The first-order valence-electron chi connectivity index (χ1n) is 15.4. The second-order valence-electron chi connectivity index (χ2n) is 11.7. The Morgan fingerprint density at radius 3 is 2.20 bits per heavy atom. The average molecular weight is 620 g/mol. The number of hydrogen-bond donors (Lipinski definition) is 1. The molecule has 3 aromatic carbocycles. The molecule has 44 heavy (non-hydrogen) atoms. The second-order valence-corrected chi connectivity index (χ2v) is 13.5. The number of aryl methyl sites for hydroxylation is 2. The number of amides is 2. The van der Waals surface area contributed by atoms with Crippen molar-refractivity contribution in [3.63, 3.8) is 0 Å². The summed E-state index contributed by atoms with van der Waals surface area (Å²) in [7, 11) is -2.54. The van der Waals surface area contributed by atoms with Crippen molar-refractivity contribution in [2.45, 2.75) is 89.7 Å². The minimum absolute atomic E-state index is 0.0802. The average Bonchev–Trinajstić information content (AvgIpc) is 3.02. The molecule has 0 bridgehead atoms. The van der Waals surface area contributed by atoms with Crippen LogP contribution in [0.1, 0.15) is 67.7 Å². The third-order valence-electron chi connectivity index (χ3n) is 8.58. The molecule has 236 valence electrons. The van der Waals surface area contributed by atoms with Crippen LogP contribution in [0, 0.1) is 20.8 Å². The van der Waals surface area contributed by atoms with Gasteiger partial charge >= 0.3 is 0 Å². The van der Waals surface area contributed by atoms with Gasteiger partial charge in [-0.05, 0) is 87.1 Å². The molecule has 4 rings (SSSR count). The van der Waals surface area contributed by atoms with Gasteiger partial charge < -0.3 is 15.0 Å². The summed E-state index contributed by atoms with van der Waals surface area (Å²) in [5, 5.41) is 3.19. The van der Waals surface area contributed by atoms with Crippen LogP contribution in [0.5, 0.6) is 5.75 Å². The van der Waals surface area contributed by atoms with Gasteiger partial charge in [-0.3, -0.25) is 13.9 Å². The topological polar surface area (TPSA) is 96.0 Å². The normalized spacial score (nSPS) is 14.5. The number of methoxy groups -OCH3 is 1. The quantitative estimate of drug-likeness (QED) is 0.266. The van der Waals surface area contributed by atoms with Crippen LogP contribution in [0.25, 0.3) is 0 Å². The Balaban J connectivity index is 1.73. The van der Waals surface area contributed by atoms with Crippen molar-refractivity contribution in [1.29, 1.82) is 0 Å². The van der Waals surface area contributed by atoms with Crippen molar-refractivity contribution in [3.05, 3.63) is 89.0 Å². The summed E-state index contributed by atoms with van der Waals surface area (Å²) in [5.74, 6) is 0.0167. The van der Waals surface area contributed by atoms with Crippen LogP contribution in [0.3, 0.4) is 0 Å². The van der Waals surface area contributed by atoms with E-state index in [1.165, 1.54) is 9.21 Å². The summed E-state index contributed by atoms with van der Waals surface area (Å²) in [5.41, 5.74) is 3.84. The van der Waals surface area contributed by atoms with E-state index in [9.17, 15) is 18.0 Å². The van der Waals surface area contributed by atoms with E-state index in [0.717, 1.165) is 54.4 Å². The number of ether oxygens (including phenoxy) is 1. The van der Waals surface area contributed by atoms with Crippen molar-refractivity contribution in [3.8, 4) is 5.75 Å². The summed E-state index contributed by atoms with van der Waals surface area (Å²) in [6, 6.07) is 18.7. The molecule has 8 nitrogen and oxygen atoms in total. The first kappa shape index (κ1) is 33.1. The van der Waals surface area contributed by atoms with Gasteiger partial charge in [-0.1, -0.05) is 68.1 Å². The molecule has 1 atom stereocenters. The number of nitrogens with zero attached hydrogens (tertiary/aromatic N) is 2. The lowest BCUT2D eigenvalue weighted by Crippen LogP contribution is -2.54. The van der Waals surface area contributed by atoms with Gasteiger partial charge in [0.05, 0.1) is 17.7 Å². The van der Waals surface area contributed by atoms with E-state index >= 15 is 0 Å². The maximum atomic E-state index is 14.4. The Morgan fingerprint density at radius 1 is 0.932 bits per heavy atom. The maximum absolute atomic E-state index is 14.4. The number of carbonyl (C=O) groups excluding carboxylic acids is 2. The van der Waals surface area contributed by atoms with Gasteiger partial charge in [-0.2, -0.15) is 0 Å². The number of hydrogen-bond acceptors (Lipinski definition) is 5. The molecule has 0 heterocycles. The summed E-state index contributed by atoms with van der Waals surface area (Å²) < 4.78 is 34.9. The van der Waals surface area contributed by atoms with Crippen molar-refractivity contribution < 1.29 is 22.7 Å². The fourth-order valence-corrected chi connectivity index (χ4v) is 7.22. The minimum atomic E-state index is -4.13. The Labute approximate surface area is 262 Å². The molecule has 1 fully saturated rings. The molecular formula is C35H45N3O5S. The van der Waals surface area contributed by atoms with E-state index in [1.807, 2.05) is 58.0 Å². The number of carbonyl (C=O) groups is 2. The van der Waals surface area contributed by atoms with Crippen molar-refractivity contribution >= 4 is 27.5 Å². The van der Waals surface area contributed by atoms with Gasteiger partial charge in [-0.25, -0.2) is 8.42 Å². The zero-order valence-electron chi connectivity index (χ0n) is 26.5. The van der Waals surface area contributed by atoms with Crippen molar-refractivity contribution in [2.75, 3.05) is 18.0 Å². The minimum Gasteiger partial charge on any atom is -0.497 e. The molecule has 9 heteroatoms. The SMILES string of the molecule is CC[C@@H](C(=O)NC1CCCCC1)N(Cc1ccc(OC)cc1)C(=O)CN(c1cccc(C)c1C)S(=O)(=O)c1ccc(C)cc1. The van der Waals surface area contributed by atoms with Crippen molar-refractivity contribution in [2.24, 2.45) is 0 Å². The van der Waals surface area contributed by atoms with Crippen molar-refractivity contribution in [1.82, 2.24) is 10.2 Å². The molecular weight excluding hydrogens is 574 g/mol. The molecule has 0 spiro atoms. The number of benzene rings is 3. The fraction of sp³-hybridized carbons (Fsp3) is 0.429. The third kappa shape index (κ3) is 7.80. The van der Waals surface area contributed by atoms with E-state index < -0.39 is 28.5 Å². The number of nitrogens with one attached hydrogen (secondary N) is 1. The molecule has 1 aliphatic carbocycles. The Kier molecular flexibility index (Phi) is 11.1. The highest BCUT2D eigenvalue weighted by Gasteiger charge is 2.35. The number of rotatable bonds is 12. The van der Waals surface area contributed by atoms with Crippen LogP contribution >= 0.6 is 0 Å². The van der Waals surface area contributed by atoms with E-state index in [0.29, 0.717) is 17.9 Å². The molecule has 3 aromatic rings. The molecule has 1 aliphatic rings. The predicted octanol–water partition coefficient (Wildman–Crippen LogP) is 6.07. The lowest BCUT2D eigenvalue weighted by atomic mass is 9.95. The summed E-state index contributed by atoms with van der Waals surface area (Å²) in [6.07, 6.45) is 5.52. The lowest BCUT2D eigenvalue weighted by Gasteiger charge is -2.35. The first-order chi connectivity index (χ1) is 21.0. The molecule has 1 saturated carbocycles. The van der Waals surface area contributed by atoms with Crippen LogP contribution in [0.15, 0.2) is 71.6 Å². The second kappa shape index (κ2) is 14.8. The highest BCUT2D eigenvalue weighted by atomic mass is 32.2. The molecule has 0 unspecified atom stereocenters. The fourth-order valence-electron chi connectivity index (χ4n) is 5.75. The molecule has 0 aliphatic heterocycles. The molecule has 2 amide bonds. The monoisotopic (exact) mass is 619 g/mol. The number of anilines is 1. The van der Waals surface area contributed by atoms with Gasteiger partial charge in [0.2, 0.25) is 11.8 Å². The van der Waals surface area contributed by atoms with E-state index in [-0.39, 0.29) is 23.4 Å². The van der Waals surface area contributed by atoms with Gasteiger partial charge in [0.15, 0.2) is 0 Å². The zero-order chi connectivity index (χ0) is 31.9. The Morgan fingerprint density at radius 2 is 1.59 bits per heavy atom. The lowest BCUT2D eigenvalue weighted by molar-refractivity contribution is -0.140. The molecule has 0 radical (unpaired) electrons. The summed E-state index contributed by atoms with van der Waals surface area (Å²) >= 11 is 0. The van der Waals surface area contributed by atoms with Gasteiger partial charge in [0, 0.05) is 12.6 Å². The predicted molar refractivity (Wildman–Crippen MR) is 174 cm³/mol. The largest absolute Gasteiger partial charge is 0.497 e. The van der Waals surface area contributed by atoms with Gasteiger partial charge in [-0.15, -0.1) is 0 Å². The smallest absolute Gasteiger partial charge is 0.264 e. The zero-order valence-corrected chi connectivity index (χ0v) is 27.3.